The van der Waals surface area contributed by atoms with Gasteiger partial charge in [-0.15, -0.1) is 12.4 Å². The maximum atomic E-state index is 13.9. The van der Waals surface area contributed by atoms with E-state index in [4.69, 9.17) is 14.2 Å². The number of benzene rings is 3. The second-order valence-corrected chi connectivity index (χ2v) is 12.3. The molecule has 1 saturated heterocycles. The average molecular weight is 715 g/mol. The van der Waals surface area contributed by atoms with Crippen LogP contribution < -0.4 is 10.1 Å². The number of fused-ring (bicyclic) bond motifs is 3. The third-order valence-corrected chi connectivity index (χ3v) is 9.50. The van der Waals surface area contributed by atoms with Crippen molar-refractivity contribution < 1.29 is 53.9 Å². The zero-order valence-electron chi connectivity index (χ0n) is 26.7. The van der Waals surface area contributed by atoms with Gasteiger partial charge in [-0.25, -0.2) is 0 Å². The Kier molecular flexibility index (Phi) is 11.1. The molecular weight excluding hydrogens is 676 g/mol. The number of aliphatic hydroxyl groups is 2. The molecule has 1 fully saturated rings. The third-order valence-electron chi connectivity index (χ3n) is 9.50. The molecule has 0 aromatic heterocycles. The normalized spacial score (nSPS) is 25.3. The number of nitro benzene ring substituents is 1. The number of Topliss-reactive ketones (excluding diaryl/α,β-unsaturated/α-hetero) is 1. The fraction of sp³-hybridized carbons (Fsp3) is 0.400. The number of aromatic hydroxyl groups is 2. The molecule has 0 bridgehead atoms. The van der Waals surface area contributed by atoms with Crippen LogP contribution in [-0.4, -0.2) is 79.9 Å². The second-order valence-electron chi connectivity index (χ2n) is 12.3. The van der Waals surface area contributed by atoms with Crippen LogP contribution in [0.2, 0.25) is 0 Å². The molecule has 3 aliphatic rings. The van der Waals surface area contributed by atoms with E-state index in [0.717, 1.165) is 6.92 Å². The predicted molar refractivity (Wildman–Crippen MR) is 180 cm³/mol. The molecule has 2 aliphatic carbocycles. The lowest BCUT2D eigenvalue weighted by molar-refractivity contribution is -0.385. The number of phenols is 2. The number of para-hydroxylation sites is 1. The molecule has 5 unspecified atom stereocenters. The molecule has 5 N–H and O–H groups in total. The molecule has 0 spiro atoms. The summed E-state index contributed by atoms with van der Waals surface area (Å²) in [6.07, 6.45) is -5.18. The molecule has 3 aromatic rings. The molecule has 14 nitrogen and oxygen atoms in total. The first-order chi connectivity index (χ1) is 22.8. The minimum atomic E-state index is -2.08. The number of carbonyl (C=O) groups is 3. The second kappa shape index (κ2) is 14.4. The molecule has 50 heavy (non-hydrogen) atoms. The van der Waals surface area contributed by atoms with Crippen LogP contribution in [0, 0.1) is 10.1 Å². The lowest BCUT2D eigenvalue weighted by Gasteiger charge is -2.43. The molecule has 0 radical (unpaired) electrons. The van der Waals surface area contributed by atoms with Gasteiger partial charge >= 0.3 is 0 Å². The van der Waals surface area contributed by atoms with Gasteiger partial charge in [-0.05, 0) is 19.9 Å². The number of ketones is 3. The van der Waals surface area contributed by atoms with Gasteiger partial charge in [0.15, 0.2) is 17.9 Å². The number of ether oxygens (including phenoxy) is 3. The van der Waals surface area contributed by atoms with Crippen LogP contribution in [0.5, 0.6) is 17.2 Å². The summed E-state index contributed by atoms with van der Waals surface area (Å²) in [6.45, 7) is 2.79. The zero-order valence-corrected chi connectivity index (χ0v) is 27.5. The number of halogens is 1. The van der Waals surface area contributed by atoms with Gasteiger partial charge in [-0.3, -0.25) is 24.5 Å². The summed E-state index contributed by atoms with van der Waals surface area (Å²) < 4.78 is 17.5. The highest BCUT2D eigenvalue weighted by Gasteiger charge is 2.49. The Balaban J connectivity index is 0.00000281. The Morgan fingerprint density at radius 2 is 1.76 bits per heavy atom. The lowest BCUT2D eigenvalue weighted by Crippen LogP contribution is -2.54. The lowest BCUT2D eigenvalue weighted by atomic mass is 9.72. The van der Waals surface area contributed by atoms with Crippen LogP contribution in [0.4, 0.5) is 5.69 Å². The number of nitrogens with one attached hydrogen (secondary N) is 1. The molecule has 6 rings (SSSR count). The van der Waals surface area contributed by atoms with Crippen molar-refractivity contribution in [1.29, 1.82) is 0 Å². The molecule has 1 aliphatic heterocycles. The molecule has 3 aromatic carbocycles. The molecule has 0 saturated carbocycles. The summed E-state index contributed by atoms with van der Waals surface area (Å²) in [4.78, 5) is 51.3. The smallest absolute Gasteiger partial charge is 0.273 e. The van der Waals surface area contributed by atoms with Crippen molar-refractivity contribution >= 4 is 35.4 Å². The Labute approximate surface area is 293 Å². The summed E-state index contributed by atoms with van der Waals surface area (Å²) in [6, 6.07) is 9.86. The van der Waals surface area contributed by atoms with E-state index >= 15 is 0 Å². The largest absolute Gasteiger partial charge is 0.507 e. The van der Waals surface area contributed by atoms with Crippen molar-refractivity contribution in [3.05, 3.63) is 91.5 Å². The van der Waals surface area contributed by atoms with E-state index < -0.39 is 94.0 Å². The minimum absolute atomic E-state index is 0. The van der Waals surface area contributed by atoms with Crippen LogP contribution in [0.15, 0.2) is 42.5 Å². The van der Waals surface area contributed by atoms with Crippen molar-refractivity contribution in [2.24, 2.45) is 0 Å². The number of nitro groups is 1. The van der Waals surface area contributed by atoms with Crippen molar-refractivity contribution in [1.82, 2.24) is 5.32 Å². The van der Waals surface area contributed by atoms with E-state index in [2.05, 4.69) is 5.32 Å². The number of methoxy groups -OCH3 is 1. The Bertz CT molecular complexity index is 1870. The zero-order chi connectivity index (χ0) is 34.7. The summed E-state index contributed by atoms with van der Waals surface area (Å²) >= 11 is 0. The number of hydrogen-bond acceptors (Lipinski definition) is 13. The standard InChI is InChI=1S/C34H34N2O12.CH4.ClH/c1-15-29(38)20(35-14-17-7-4-5-9-21(17)36(44)45)11-24(47-15)48-23-13-34(43,16(2)37)12-19-26(23)33(42)28-27(31(19)40)30(39)18-8-6-10-22(46-3)25(18)32(28)41;;/h4-10,15,20,23-24,29,35,38,40,42-43H,11-14H2,1-3H3;1H4;1H/t15?,20?,23?,24?,29?,34-;;/m0../s1. The summed E-state index contributed by atoms with van der Waals surface area (Å²) in [5.41, 5.74) is -3.08. The fourth-order valence-corrected chi connectivity index (χ4v) is 6.91. The van der Waals surface area contributed by atoms with Gasteiger partial charge in [0, 0.05) is 60.2 Å². The van der Waals surface area contributed by atoms with Crippen LogP contribution in [-0.2, 0) is 27.2 Å². The highest BCUT2D eigenvalue weighted by Crippen LogP contribution is 2.52. The first-order valence-electron chi connectivity index (χ1n) is 15.3. The maximum Gasteiger partial charge on any atom is 0.273 e. The van der Waals surface area contributed by atoms with E-state index in [1.54, 1.807) is 25.1 Å². The highest BCUT2D eigenvalue weighted by atomic mass is 35.5. The molecule has 0 amide bonds. The van der Waals surface area contributed by atoms with Crippen molar-refractivity contribution in [2.75, 3.05) is 7.11 Å². The van der Waals surface area contributed by atoms with E-state index in [1.165, 1.54) is 31.4 Å². The SMILES string of the molecule is C.COc1cccc2c1C(=O)c1c(O)c3c(c(O)c1C2=O)C[C@@](O)(C(C)=O)CC3OC1CC(NCc2ccccc2[N+](=O)[O-])C(O)C(C)O1.Cl. The quantitative estimate of drug-likeness (QED) is 0.0998. The Hall–Kier alpha value is -4.44. The van der Waals surface area contributed by atoms with Gasteiger partial charge in [0.05, 0.1) is 47.0 Å². The first-order valence-corrected chi connectivity index (χ1v) is 15.3. The maximum absolute atomic E-state index is 13.9. The molecule has 268 valence electrons. The van der Waals surface area contributed by atoms with Gasteiger partial charge < -0.3 is 40.0 Å². The Morgan fingerprint density at radius 1 is 1.08 bits per heavy atom. The van der Waals surface area contributed by atoms with E-state index in [-0.39, 0.29) is 66.5 Å². The van der Waals surface area contributed by atoms with Crippen LogP contribution in [0.25, 0.3) is 0 Å². The van der Waals surface area contributed by atoms with E-state index in [1.807, 2.05) is 0 Å². The number of aliphatic hydroxyl groups excluding tert-OH is 1. The third kappa shape index (κ3) is 6.34. The first kappa shape index (κ1) is 38.4. The van der Waals surface area contributed by atoms with Gasteiger partial charge in [-0.1, -0.05) is 37.8 Å². The van der Waals surface area contributed by atoms with E-state index in [0.29, 0.717) is 5.56 Å². The van der Waals surface area contributed by atoms with Gasteiger partial charge in [0.25, 0.3) is 5.69 Å². The van der Waals surface area contributed by atoms with Gasteiger partial charge in [-0.2, -0.15) is 0 Å². The van der Waals surface area contributed by atoms with Crippen molar-refractivity contribution in [2.45, 2.75) is 83.3 Å². The number of hydrogen-bond donors (Lipinski definition) is 5. The topological polar surface area (TPSA) is 215 Å². The molecular formula is C35H39ClN2O12. The number of carbonyl (C=O) groups excluding carboxylic acids is 3. The van der Waals surface area contributed by atoms with Crippen molar-refractivity contribution in [3.63, 3.8) is 0 Å². The number of rotatable bonds is 8. The minimum Gasteiger partial charge on any atom is -0.507 e. The summed E-state index contributed by atoms with van der Waals surface area (Å²) in [7, 11) is 1.32. The summed E-state index contributed by atoms with van der Waals surface area (Å²) in [5, 5.41) is 60.2. The number of phenolic OH excluding ortho intramolecular Hbond substituents is 2. The molecule has 6 atom stereocenters. The fourth-order valence-electron chi connectivity index (χ4n) is 6.91. The van der Waals surface area contributed by atoms with Gasteiger partial charge in [0.2, 0.25) is 5.78 Å². The predicted octanol–water partition coefficient (Wildman–Crippen LogP) is 3.83. The van der Waals surface area contributed by atoms with Crippen LogP contribution >= 0.6 is 12.4 Å². The van der Waals surface area contributed by atoms with Gasteiger partial charge in [0.1, 0.15) is 22.8 Å². The van der Waals surface area contributed by atoms with Crippen LogP contribution in [0.1, 0.15) is 88.8 Å². The van der Waals surface area contributed by atoms with Crippen molar-refractivity contribution in [3.8, 4) is 17.2 Å². The average Bonchev–Trinajstić information content (AvgIpc) is 3.05. The summed E-state index contributed by atoms with van der Waals surface area (Å²) in [5.74, 6) is -3.42. The van der Waals surface area contributed by atoms with Crippen LogP contribution in [0.3, 0.4) is 0 Å². The molecule has 1 heterocycles. The molecule has 15 heteroatoms. The monoisotopic (exact) mass is 714 g/mol. The Morgan fingerprint density at radius 3 is 2.42 bits per heavy atom. The number of nitrogens with zero attached hydrogens (tertiary/aromatic N) is 1. The highest BCUT2D eigenvalue weighted by molar-refractivity contribution is 6.31. The van der Waals surface area contributed by atoms with E-state index in [9.17, 15) is 44.9 Å².